The highest BCUT2D eigenvalue weighted by atomic mass is 16.5. The highest BCUT2D eigenvalue weighted by molar-refractivity contribution is 5.46. The predicted octanol–water partition coefficient (Wildman–Crippen LogP) is 4.54. The molecule has 0 aliphatic carbocycles. The van der Waals surface area contributed by atoms with Gasteiger partial charge in [0.15, 0.2) is 11.5 Å². The summed E-state index contributed by atoms with van der Waals surface area (Å²) in [5, 5.41) is 3.47. The van der Waals surface area contributed by atoms with Crippen LogP contribution in [0.25, 0.3) is 0 Å². The Morgan fingerprint density at radius 2 is 1.81 bits per heavy atom. The molecule has 1 N–H and O–H groups in total. The molecule has 0 aliphatic heterocycles. The molecule has 0 atom stereocenters. The number of methoxy groups -OCH3 is 1. The van der Waals surface area contributed by atoms with Gasteiger partial charge in [0.25, 0.3) is 0 Å². The molecular formula is C18H31NO2. The van der Waals surface area contributed by atoms with Gasteiger partial charge in [0.05, 0.1) is 13.7 Å². The van der Waals surface area contributed by atoms with Gasteiger partial charge in [0.1, 0.15) is 0 Å². The fourth-order valence-corrected chi connectivity index (χ4v) is 2.25. The summed E-state index contributed by atoms with van der Waals surface area (Å²) in [7, 11) is 1.70. The second-order valence-corrected chi connectivity index (χ2v) is 5.39. The van der Waals surface area contributed by atoms with E-state index in [2.05, 4.69) is 25.2 Å². The minimum Gasteiger partial charge on any atom is -0.493 e. The maximum Gasteiger partial charge on any atom is 0.165 e. The highest BCUT2D eigenvalue weighted by Gasteiger charge is 2.10. The maximum absolute atomic E-state index is 6.00. The Morgan fingerprint density at radius 3 is 2.52 bits per heavy atom. The average Bonchev–Trinajstić information content (AvgIpc) is 2.52. The Morgan fingerprint density at radius 1 is 1.00 bits per heavy atom. The van der Waals surface area contributed by atoms with E-state index in [0.29, 0.717) is 0 Å². The van der Waals surface area contributed by atoms with Gasteiger partial charge in [0.2, 0.25) is 0 Å². The van der Waals surface area contributed by atoms with Gasteiger partial charge < -0.3 is 14.8 Å². The Kier molecular flexibility index (Phi) is 9.71. The van der Waals surface area contributed by atoms with E-state index in [-0.39, 0.29) is 0 Å². The maximum atomic E-state index is 6.00. The monoisotopic (exact) mass is 293 g/mol. The van der Waals surface area contributed by atoms with Gasteiger partial charge in [-0.1, -0.05) is 51.7 Å². The molecule has 0 saturated carbocycles. The highest BCUT2D eigenvalue weighted by Crippen LogP contribution is 2.31. The van der Waals surface area contributed by atoms with Gasteiger partial charge in [-0.05, 0) is 25.5 Å². The second-order valence-electron chi connectivity index (χ2n) is 5.39. The van der Waals surface area contributed by atoms with Crippen molar-refractivity contribution in [2.24, 2.45) is 0 Å². The third kappa shape index (κ3) is 6.85. The van der Waals surface area contributed by atoms with E-state index >= 15 is 0 Å². The molecule has 0 bridgehead atoms. The molecule has 0 fully saturated rings. The quantitative estimate of drug-likeness (QED) is 0.574. The molecular weight excluding hydrogens is 262 g/mol. The smallest absolute Gasteiger partial charge is 0.165 e. The van der Waals surface area contributed by atoms with Gasteiger partial charge in [-0.15, -0.1) is 0 Å². The van der Waals surface area contributed by atoms with Crippen LogP contribution >= 0.6 is 0 Å². The summed E-state index contributed by atoms with van der Waals surface area (Å²) in [5.41, 5.74) is 1.18. The standard InChI is InChI=1S/C18H31NO2/c1-4-6-8-9-14-21-18-16(15-19-13-7-5-2)11-10-12-17(18)20-3/h10-12,19H,4-9,13-15H2,1-3H3. The number of benzene rings is 1. The van der Waals surface area contributed by atoms with E-state index < -0.39 is 0 Å². The summed E-state index contributed by atoms with van der Waals surface area (Å²) in [4.78, 5) is 0. The number of ether oxygens (including phenoxy) is 2. The molecule has 0 heterocycles. The van der Waals surface area contributed by atoms with Gasteiger partial charge in [0, 0.05) is 12.1 Å². The molecule has 1 aromatic carbocycles. The van der Waals surface area contributed by atoms with Crippen molar-refractivity contribution in [2.75, 3.05) is 20.3 Å². The zero-order chi connectivity index (χ0) is 15.3. The summed E-state index contributed by atoms with van der Waals surface area (Å²) in [5.74, 6) is 1.74. The summed E-state index contributed by atoms with van der Waals surface area (Å²) < 4.78 is 11.4. The molecule has 120 valence electrons. The van der Waals surface area contributed by atoms with Crippen LogP contribution in [0.4, 0.5) is 0 Å². The van der Waals surface area contributed by atoms with Crippen LogP contribution in [0.5, 0.6) is 11.5 Å². The number of rotatable bonds is 12. The van der Waals surface area contributed by atoms with Crippen LogP contribution < -0.4 is 14.8 Å². The average molecular weight is 293 g/mol. The number of unbranched alkanes of at least 4 members (excludes halogenated alkanes) is 4. The molecule has 3 nitrogen and oxygen atoms in total. The van der Waals surface area contributed by atoms with Crippen LogP contribution in [0.15, 0.2) is 18.2 Å². The van der Waals surface area contributed by atoms with Crippen molar-refractivity contribution >= 4 is 0 Å². The lowest BCUT2D eigenvalue weighted by Gasteiger charge is -2.15. The molecule has 0 spiro atoms. The van der Waals surface area contributed by atoms with E-state index in [1.165, 1.54) is 37.7 Å². The third-order valence-electron chi connectivity index (χ3n) is 3.55. The minimum atomic E-state index is 0.766. The van der Waals surface area contributed by atoms with Crippen LogP contribution in [0.2, 0.25) is 0 Å². The molecule has 21 heavy (non-hydrogen) atoms. The second kappa shape index (κ2) is 11.4. The summed E-state index contributed by atoms with van der Waals surface area (Å²) >= 11 is 0. The van der Waals surface area contributed by atoms with Gasteiger partial charge in [-0.2, -0.15) is 0 Å². The minimum absolute atomic E-state index is 0.766. The number of nitrogens with one attached hydrogen (secondary N) is 1. The zero-order valence-electron chi connectivity index (χ0n) is 13.9. The van der Waals surface area contributed by atoms with E-state index in [4.69, 9.17) is 9.47 Å². The van der Waals surface area contributed by atoms with Crippen molar-refractivity contribution in [3.63, 3.8) is 0 Å². The first-order valence-electron chi connectivity index (χ1n) is 8.32. The molecule has 1 rings (SSSR count). The number of hydrogen-bond acceptors (Lipinski definition) is 3. The zero-order valence-corrected chi connectivity index (χ0v) is 13.9. The third-order valence-corrected chi connectivity index (χ3v) is 3.55. The summed E-state index contributed by atoms with van der Waals surface area (Å²) in [6.45, 7) is 7.08. The van der Waals surface area contributed by atoms with Crippen LogP contribution in [0.1, 0.15) is 57.9 Å². The van der Waals surface area contributed by atoms with Crippen molar-refractivity contribution in [1.82, 2.24) is 5.32 Å². The first kappa shape index (κ1) is 17.8. The van der Waals surface area contributed by atoms with Crippen LogP contribution in [-0.4, -0.2) is 20.3 Å². The first-order valence-corrected chi connectivity index (χ1v) is 8.32. The molecule has 0 saturated heterocycles. The summed E-state index contributed by atoms with van der Waals surface area (Å²) in [6, 6.07) is 6.11. The van der Waals surface area contributed by atoms with Crippen LogP contribution in [-0.2, 0) is 6.54 Å². The van der Waals surface area contributed by atoms with Crippen LogP contribution in [0.3, 0.4) is 0 Å². The number of para-hydroxylation sites is 1. The largest absolute Gasteiger partial charge is 0.493 e. The molecule has 0 aromatic heterocycles. The van der Waals surface area contributed by atoms with Gasteiger partial charge in [-0.3, -0.25) is 0 Å². The molecule has 0 amide bonds. The van der Waals surface area contributed by atoms with E-state index in [1.807, 2.05) is 12.1 Å². The molecule has 3 heteroatoms. The lowest BCUT2D eigenvalue weighted by atomic mass is 10.1. The number of hydrogen-bond donors (Lipinski definition) is 1. The lowest BCUT2D eigenvalue weighted by Crippen LogP contribution is -2.15. The molecule has 0 radical (unpaired) electrons. The SMILES string of the molecule is CCCCCCOc1c(CNCCCC)cccc1OC. The van der Waals surface area contributed by atoms with Crippen molar-refractivity contribution in [1.29, 1.82) is 0 Å². The lowest BCUT2D eigenvalue weighted by molar-refractivity contribution is 0.281. The van der Waals surface area contributed by atoms with Crippen LogP contribution in [0, 0.1) is 0 Å². The van der Waals surface area contributed by atoms with Gasteiger partial charge in [-0.25, -0.2) is 0 Å². The fourth-order valence-electron chi connectivity index (χ4n) is 2.25. The fraction of sp³-hybridized carbons (Fsp3) is 0.667. The predicted molar refractivity (Wildman–Crippen MR) is 89.2 cm³/mol. The molecule has 0 unspecified atom stereocenters. The van der Waals surface area contributed by atoms with Crippen molar-refractivity contribution < 1.29 is 9.47 Å². The normalized spacial score (nSPS) is 10.6. The Hall–Kier alpha value is -1.22. The van der Waals surface area contributed by atoms with Crippen molar-refractivity contribution in [2.45, 2.75) is 58.9 Å². The van der Waals surface area contributed by atoms with Crippen molar-refractivity contribution in [3.05, 3.63) is 23.8 Å². The van der Waals surface area contributed by atoms with E-state index in [1.54, 1.807) is 7.11 Å². The molecule has 0 aliphatic rings. The van der Waals surface area contributed by atoms with E-state index in [9.17, 15) is 0 Å². The summed E-state index contributed by atoms with van der Waals surface area (Å²) in [6.07, 6.45) is 7.29. The van der Waals surface area contributed by atoms with E-state index in [0.717, 1.165) is 37.6 Å². The topological polar surface area (TPSA) is 30.5 Å². The van der Waals surface area contributed by atoms with Crippen molar-refractivity contribution in [3.8, 4) is 11.5 Å². The Balaban J connectivity index is 2.55. The molecule has 1 aromatic rings. The van der Waals surface area contributed by atoms with Gasteiger partial charge >= 0.3 is 0 Å². The Labute approximate surface area is 130 Å². The Bertz CT molecular complexity index is 379. The first-order chi connectivity index (χ1) is 10.3.